The molecule has 2 heterocycles. The molecule has 1 fully saturated rings. The molecule has 25 heavy (non-hydrogen) atoms. The first-order valence-corrected chi connectivity index (χ1v) is 8.55. The van der Waals surface area contributed by atoms with E-state index in [1.807, 2.05) is 42.5 Å². The molecular weight excluding hydrogens is 321 g/mol. The van der Waals surface area contributed by atoms with Gasteiger partial charge in [-0.2, -0.15) is 0 Å². The molecule has 5 nitrogen and oxygen atoms in total. The van der Waals surface area contributed by atoms with Gasteiger partial charge in [0.05, 0.1) is 5.60 Å². The highest BCUT2D eigenvalue weighted by molar-refractivity contribution is 5.40. The number of ether oxygens (including phenoxy) is 1. The van der Waals surface area contributed by atoms with Crippen molar-refractivity contribution in [1.29, 1.82) is 0 Å². The van der Waals surface area contributed by atoms with Crippen LogP contribution in [-0.2, 0) is 6.54 Å². The minimum absolute atomic E-state index is 0.0808. The number of aliphatic hydroxyl groups is 1. The third kappa shape index (κ3) is 4.90. The summed E-state index contributed by atoms with van der Waals surface area (Å²) in [6.45, 7) is 2.16. The predicted molar refractivity (Wildman–Crippen MR) is 95.6 cm³/mol. The Kier molecular flexibility index (Phi) is 5.83. The number of halogens is 1. The zero-order valence-corrected chi connectivity index (χ0v) is 14.2. The molecule has 134 valence electrons. The summed E-state index contributed by atoms with van der Waals surface area (Å²) in [5.74, 6) is 1.57. The van der Waals surface area contributed by atoms with Crippen LogP contribution in [0.5, 0.6) is 5.75 Å². The third-order valence-corrected chi connectivity index (χ3v) is 4.36. The first kappa shape index (κ1) is 17.6. The van der Waals surface area contributed by atoms with E-state index in [4.69, 9.17) is 4.74 Å². The van der Waals surface area contributed by atoms with Gasteiger partial charge in [-0.05, 0) is 36.2 Å². The summed E-state index contributed by atoms with van der Waals surface area (Å²) in [7, 11) is 0. The van der Waals surface area contributed by atoms with Crippen LogP contribution >= 0.6 is 0 Å². The Labute approximate surface area is 147 Å². The van der Waals surface area contributed by atoms with Crippen molar-refractivity contribution in [1.82, 2.24) is 10.3 Å². The molecule has 1 aliphatic rings. The highest BCUT2D eigenvalue weighted by Crippen LogP contribution is 2.24. The van der Waals surface area contributed by atoms with Crippen molar-refractivity contribution in [3.63, 3.8) is 0 Å². The van der Waals surface area contributed by atoms with Crippen LogP contribution in [-0.4, -0.2) is 48.6 Å². The van der Waals surface area contributed by atoms with Crippen molar-refractivity contribution in [3.8, 4) is 5.75 Å². The number of nitrogens with zero attached hydrogens (tertiary/aromatic N) is 2. The molecular formula is C19H24FN3O2. The Morgan fingerprint density at radius 3 is 2.80 bits per heavy atom. The molecule has 1 aliphatic heterocycles. The van der Waals surface area contributed by atoms with Gasteiger partial charge in [0.2, 0.25) is 0 Å². The van der Waals surface area contributed by atoms with E-state index in [1.165, 1.54) is 0 Å². The number of β-amino-alcohol motifs (C(OH)–C–C–N with tert-alkyl or cyclic N) is 1. The minimum atomic E-state index is -0.748. The summed E-state index contributed by atoms with van der Waals surface area (Å²) in [5.41, 5.74) is 0.345. The lowest BCUT2D eigenvalue weighted by Crippen LogP contribution is -2.43. The summed E-state index contributed by atoms with van der Waals surface area (Å²) in [4.78, 5) is 6.45. The standard InChI is InChI=1S/C19H24FN3O2/c20-9-12-25-17-6-4-16(5-7-17)13-21-14-19(24)8-11-23(15-19)18-3-1-2-10-22-18/h1-7,10,21,24H,8-9,11-15H2/t19-/m0/s1. The summed E-state index contributed by atoms with van der Waals surface area (Å²) in [6, 6.07) is 13.4. The van der Waals surface area contributed by atoms with Crippen molar-refractivity contribution < 1.29 is 14.2 Å². The van der Waals surface area contributed by atoms with E-state index in [9.17, 15) is 9.50 Å². The quantitative estimate of drug-likeness (QED) is 0.768. The molecule has 1 saturated heterocycles. The first-order valence-electron chi connectivity index (χ1n) is 8.55. The molecule has 0 aliphatic carbocycles. The van der Waals surface area contributed by atoms with Gasteiger partial charge in [-0.3, -0.25) is 0 Å². The van der Waals surface area contributed by atoms with E-state index >= 15 is 0 Å². The second-order valence-corrected chi connectivity index (χ2v) is 6.37. The molecule has 0 bridgehead atoms. The average molecular weight is 345 g/mol. The van der Waals surface area contributed by atoms with Gasteiger partial charge in [-0.25, -0.2) is 9.37 Å². The Balaban J connectivity index is 1.45. The fourth-order valence-electron chi connectivity index (χ4n) is 3.04. The molecule has 1 atom stereocenters. The zero-order valence-electron chi connectivity index (χ0n) is 14.2. The van der Waals surface area contributed by atoms with Crippen LogP contribution in [0, 0.1) is 0 Å². The Bertz CT molecular complexity index is 653. The van der Waals surface area contributed by atoms with E-state index in [0.29, 0.717) is 31.8 Å². The van der Waals surface area contributed by atoms with Crippen LogP contribution in [0.25, 0.3) is 0 Å². The number of alkyl halides is 1. The van der Waals surface area contributed by atoms with Crippen molar-refractivity contribution in [2.75, 3.05) is 37.8 Å². The average Bonchev–Trinajstić information content (AvgIpc) is 3.04. The van der Waals surface area contributed by atoms with Gasteiger partial charge < -0.3 is 20.1 Å². The largest absolute Gasteiger partial charge is 0.491 e. The molecule has 0 spiro atoms. The second-order valence-electron chi connectivity index (χ2n) is 6.37. The number of benzene rings is 1. The van der Waals surface area contributed by atoms with Crippen molar-refractivity contribution in [2.45, 2.75) is 18.6 Å². The molecule has 0 unspecified atom stereocenters. The van der Waals surface area contributed by atoms with Crippen LogP contribution in [0.3, 0.4) is 0 Å². The maximum absolute atomic E-state index is 12.1. The van der Waals surface area contributed by atoms with E-state index in [-0.39, 0.29) is 6.61 Å². The van der Waals surface area contributed by atoms with Crippen LogP contribution < -0.4 is 15.0 Å². The van der Waals surface area contributed by atoms with Crippen LogP contribution in [0.2, 0.25) is 0 Å². The summed E-state index contributed by atoms with van der Waals surface area (Å²) in [6.07, 6.45) is 2.48. The maximum Gasteiger partial charge on any atom is 0.128 e. The number of rotatable bonds is 8. The number of pyridine rings is 1. The lowest BCUT2D eigenvalue weighted by molar-refractivity contribution is 0.0626. The first-order chi connectivity index (χ1) is 12.2. The van der Waals surface area contributed by atoms with Gasteiger partial charge in [-0.1, -0.05) is 18.2 Å². The van der Waals surface area contributed by atoms with Crippen LogP contribution in [0.1, 0.15) is 12.0 Å². The fraction of sp³-hybridized carbons (Fsp3) is 0.421. The topological polar surface area (TPSA) is 57.6 Å². The minimum Gasteiger partial charge on any atom is -0.491 e. The summed E-state index contributed by atoms with van der Waals surface area (Å²) in [5, 5.41) is 14.1. The van der Waals surface area contributed by atoms with Gasteiger partial charge in [0.15, 0.2) is 0 Å². The van der Waals surface area contributed by atoms with Crippen LogP contribution in [0.4, 0.5) is 10.2 Å². The van der Waals surface area contributed by atoms with Gasteiger partial charge in [0.1, 0.15) is 24.8 Å². The monoisotopic (exact) mass is 345 g/mol. The molecule has 0 saturated carbocycles. The smallest absolute Gasteiger partial charge is 0.128 e. The Morgan fingerprint density at radius 2 is 2.08 bits per heavy atom. The van der Waals surface area contributed by atoms with Crippen LogP contribution in [0.15, 0.2) is 48.7 Å². The fourth-order valence-corrected chi connectivity index (χ4v) is 3.04. The summed E-state index contributed by atoms with van der Waals surface area (Å²) >= 11 is 0. The number of hydrogen-bond acceptors (Lipinski definition) is 5. The van der Waals surface area contributed by atoms with Gasteiger partial charge in [-0.15, -0.1) is 0 Å². The Hall–Kier alpha value is -2.18. The number of aromatic nitrogens is 1. The van der Waals surface area contributed by atoms with Crippen molar-refractivity contribution in [3.05, 3.63) is 54.2 Å². The molecule has 2 aromatic rings. The van der Waals surface area contributed by atoms with E-state index in [2.05, 4.69) is 15.2 Å². The molecule has 2 N–H and O–H groups in total. The zero-order chi connectivity index (χ0) is 17.5. The SMILES string of the molecule is O[C@]1(CNCc2ccc(OCCF)cc2)CCN(c2ccccn2)C1. The van der Waals surface area contributed by atoms with Crippen molar-refractivity contribution >= 4 is 5.82 Å². The van der Waals surface area contributed by atoms with Crippen molar-refractivity contribution in [2.24, 2.45) is 0 Å². The normalized spacial score (nSPS) is 20.0. The van der Waals surface area contributed by atoms with E-state index in [0.717, 1.165) is 17.9 Å². The molecule has 1 aromatic carbocycles. The van der Waals surface area contributed by atoms with Gasteiger partial charge in [0.25, 0.3) is 0 Å². The number of anilines is 1. The predicted octanol–water partition coefficient (Wildman–Crippen LogP) is 2.16. The lowest BCUT2D eigenvalue weighted by Gasteiger charge is -2.24. The maximum atomic E-state index is 12.1. The second kappa shape index (κ2) is 8.27. The highest BCUT2D eigenvalue weighted by Gasteiger charge is 2.36. The molecule has 0 radical (unpaired) electrons. The molecule has 6 heteroatoms. The van der Waals surface area contributed by atoms with Gasteiger partial charge in [0, 0.05) is 32.4 Å². The lowest BCUT2D eigenvalue weighted by atomic mass is 10.0. The summed E-state index contributed by atoms with van der Waals surface area (Å²) < 4.78 is 17.3. The molecule has 3 rings (SSSR count). The highest BCUT2D eigenvalue weighted by atomic mass is 19.1. The number of hydrogen-bond donors (Lipinski definition) is 2. The molecule has 1 aromatic heterocycles. The van der Waals surface area contributed by atoms with E-state index in [1.54, 1.807) is 6.20 Å². The van der Waals surface area contributed by atoms with Gasteiger partial charge >= 0.3 is 0 Å². The number of nitrogens with one attached hydrogen (secondary N) is 1. The molecule has 0 amide bonds. The third-order valence-electron chi connectivity index (χ3n) is 4.36. The Morgan fingerprint density at radius 1 is 1.24 bits per heavy atom. The van der Waals surface area contributed by atoms with E-state index < -0.39 is 12.3 Å².